The highest BCUT2D eigenvalue weighted by Crippen LogP contribution is 2.27. The first-order valence-corrected chi connectivity index (χ1v) is 6.96. The molecule has 0 fully saturated rings. The van der Waals surface area contributed by atoms with E-state index in [4.69, 9.17) is 9.26 Å². The number of rotatable bonds is 5. The quantitative estimate of drug-likeness (QED) is 0.742. The second-order valence-electron chi connectivity index (χ2n) is 4.94. The highest BCUT2D eigenvalue weighted by Gasteiger charge is 2.08. The summed E-state index contributed by atoms with van der Waals surface area (Å²) >= 11 is 0. The van der Waals surface area contributed by atoms with Crippen molar-refractivity contribution in [2.75, 3.05) is 17.7 Å². The number of hydrogen-bond acceptors (Lipinski definition) is 8. The third-order valence-corrected chi connectivity index (χ3v) is 3.04. The second-order valence-corrected chi connectivity index (χ2v) is 4.94. The van der Waals surface area contributed by atoms with E-state index in [0.717, 1.165) is 11.3 Å². The van der Waals surface area contributed by atoms with Crippen LogP contribution in [0.15, 0.2) is 35.0 Å². The molecule has 0 saturated heterocycles. The standard InChI is InChI=1S/C15H16N6O2/c1-9-4-5-12(22-3)11(6-9)17-15-19-14(8-16-20-15)18-13-7-10(2)23-21-13/h4-8H,1-3H3,(H2,17,18,19,20,21). The number of ether oxygens (including phenoxy) is 1. The van der Waals surface area contributed by atoms with Crippen LogP contribution in [0, 0.1) is 13.8 Å². The van der Waals surface area contributed by atoms with Crippen molar-refractivity contribution in [1.82, 2.24) is 20.3 Å². The Hall–Kier alpha value is -3.16. The highest BCUT2D eigenvalue weighted by molar-refractivity contribution is 5.64. The van der Waals surface area contributed by atoms with Crippen molar-refractivity contribution in [3.63, 3.8) is 0 Å². The van der Waals surface area contributed by atoms with Crippen LogP contribution in [-0.2, 0) is 0 Å². The Balaban J connectivity index is 1.81. The number of nitrogens with one attached hydrogen (secondary N) is 2. The topological polar surface area (TPSA) is 98.0 Å². The lowest BCUT2D eigenvalue weighted by atomic mass is 10.2. The Kier molecular flexibility index (Phi) is 4.05. The van der Waals surface area contributed by atoms with E-state index in [1.54, 1.807) is 13.2 Å². The van der Waals surface area contributed by atoms with Gasteiger partial charge in [0.05, 0.1) is 19.0 Å². The summed E-state index contributed by atoms with van der Waals surface area (Å²) in [7, 11) is 1.61. The zero-order valence-corrected chi connectivity index (χ0v) is 13.0. The molecule has 0 aliphatic carbocycles. The van der Waals surface area contributed by atoms with E-state index in [2.05, 4.69) is 31.0 Å². The first kappa shape index (κ1) is 14.8. The molecule has 0 atom stereocenters. The summed E-state index contributed by atoms with van der Waals surface area (Å²) in [6.45, 7) is 3.81. The third kappa shape index (κ3) is 3.54. The first-order chi connectivity index (χ1) is 11.1. The van der Waals surface area contributed by atoms with Crippen LogP contribution in [-0.4, -0.2) is 27.4 Å². The zero-order valence-electron chi connectivity index (χ0n) is 13.0. The Morgan fingerprint density at radius 3 is 2.70 bits per heavy atom. The van der Waals surface area contributed by atoms with Gasteiger partial charge in [0.2, 0.25) is 5.95 Å². The summed E-state index contributed by atoms with van der Waals surface area (Å²) in [4.78, 5) is 4.34. The van der Waals surface area contributed by atoms with Crippen LogP contribution in [0.3, 0.4) is 0 Å². The van der Waals surface area contributed by atoms with E-state index < -0.39 is 0 Å². The molecule has 0 aliphatic heterocycles. The van der Waals surface area contributed by atoms with E-state index in [1.807, 2.05) is 32.0 Å². The van der Waals surface area contributed by atoms with Crippen LogP contribution in [0.4, 0.5) is 23.3 Å². The van der Waals surface area contributed by atoms with E-state index >= 15 is 0 Å². The number of hydrogen-bond donors (Lipinski definition) is 2. The van der Waals surface area contributed by atoms with Crippen LogP contribution in [0.5, 0.6) is 5.75 Å². The van der Waals surface area contributed by atoms with Gasteiger partial charge in [-0.1, -0.05) is 11.2 Å². The highest BCUT2D eigenvalue weighted by atomic mass is 16.5. The molecule has 0 unspecified atom stereocenters. The lowest BCUT2D eigenvalue weighted by molar-refractivity contribution is 0.400. The van der Waals surface area contributed by atoms with Gasteiger partial charge in [-0.05, 0) is 31.5 Å². The van der Waals surface area contributed by atoms with Crippen LogP contribution in [0.25, 0.3) is 0 Å². The van der Waals surface area contributed by atoms with Crippen molar-refractivity contribution < 1.29 is 9.26 Å². The van der Waals surface area contributed by atoms with E-state index in [-0.39, 0.29) is 0 Å². The van der Waals surface area contributed by atoms with Gasteiger partial charge in [-0.25, -0.2) is 0 Å². The minimum Gasteiger partial charge on any atom is -0.495 e. The normalized spacial score (nSPS) is 10.4. The lowest BCUT2D eigenvalue weighted by Crippen LogP contribution is -2.03. The summed E-state index contributed by atoms with van der Waals surface area (Å²) < 4.78 is 10.3. The predicted octanol–water partition coefficient (Wildman–Crippen LogP) is 2.97. The molecule has 0 aliphatic rings. The van der Waals surface area contributed by atoms with E-state index in [0.29, 0.717) is 29.1 Å². The molecule has 2 heterocycles. The van der Waals surface area contributed by atoms with Crippen LogP contribution in [0.2, 0.25) is 0 Å². The Morgan fingerprint density at radius 1 is 1.09 bits per heavy atom. The van der Waals surface area contributed by atoms with Gasteiger partial charge in [-0.3, -0.25) is 0 Å². The summed E-state index contributed by atoms with van der Waals surface area (Å²) in [5, 5.41) is 17.9. The fourth-order valence-corrected chi connectivity index (χ4v) is 2.01. The maximum atomic E-state index is 5.32. The number of nitrogens with zero attached hydrogens (tertiary/aromatic N) is 4. The van der Waals surface area contributed by atoms with E-state index in [1.165, 1.54) is 6.20 Å². The van der Waals surface area contributed by atoms with Crippen molar-refractivity contribution in [2.24, 2.45) is 0 Å². The number of benzene rings is 1. The van der Waals surface area contributed by atoms with Crippen molar-refractivity contribution in [2.45, 2.75) is 13.8 Å². The fourth-order valence-electron chi connectivity index (χ4n) is 2.01. The predicted molar refractivity (Wildman–Crippen MR) is 85.4 cm³/mol. The molecule has 118 valence electrons. The van der Waals surface area contributed by atoms with Crippen molar-refractivity contribution in [3.8, 4) is 5.75 Å². The molecule has 0 bridgehead atoms. The molecule has 0 amide bonds. The SMILES string of the molecule is COc1ccc(C)cc1Nc1nncc(Nc2cc(C)on2)n1. The lowest BCUT2D eigenvalue weighted by Gasteiger charge is -2.11. The molecular formula is C15H16N6O2. The molecule has 0 spiro atoms. The van der Waals surface area contributed by atoms with Crippen LogP contribution in [0.1, 0.15) is 11.3 Å². The number of aromatic nitrogens is 4. The zero-order chi connectivity index (χ0) is 16.2. The molecule has 0 saturated carbocycles. The fraction of sp³-hybridized carbons (Fsp3) is 0.200. The van der Waals surface area contributed by atoms with E-state index in [9.17, 15) is 0 Å². The van der Waals surface area contributed by atoms with Gasteiger partial charge < -0.3 is 19.9 Å². The molecule has 3 rings (SSSR count). The molecule has 1 aromatic carbocycles. The third-order valence-electron chi connectivity index (χ3n) is 3.04. The van der Waals surface area contributed by atoms with Gasteiger partial charge >= 0.3 is 0 Å². The van der Waals surface area contributed by atoms with Gasteiger partial charge in [-0.15, -0.1) is 5.10 Å². The molecule has 23 heavy (non-hydrogen) atoms. The van der Waals surface area contributed by atoms with Gasteiger partial charge in [0, 0.05) is 6.07 Å². The number of anilines is 4. The first-order valence-electron chi connectivity index (χ1n) is 6.96. The van der Waals surface area contributed by atoms with Gasteiger partial charge in [0.15, 0.2) is 11.6 Å². The van der Waals surface area contributed by atoms with Gasteiger partial charge in [0.25, 0.3) is 0 Å². The van der Waals surface area contributed by atoms with Crippen molar-refractivity contribution >= 4 is 23.3 Å². The smallest absolute Gasteiger partial charge is 0.249 e. The molecule has 0 radical (unpaired) electrons. The maximum Gasteiger partial charge on any atom is 0.249 e. The van der Waals surface area contributed by atoms with Crippen LogP contribution < -0.4 is 15.4 Å². The Labute approximate surface area is 132 Å². The van der Waals surface area contributed by atoms with Gasteiger partial charge in [0.1, 0.15) is 11.5 Å². The minimum atomic E-state index is 0.346. The molecule has 8 nitrogen and oxygen atoms in total. The van der Waals surface area contributed by atoms with Crippen LogP contribution >= 0.6 is 0 Å². The maximum absolute atomic E-state index is 5.32. The summed E-state index contributed by atoms with van der Waals surface area (Å²) in [5.41, 5.74) is 1.86. The molecule has 2 aromatic heterocycles. The Morgan fingerprint density at radius 2 is 1.96 bits per heavy atom. The summed E-state index contributed by atoms with van der Waals surface area (Å²) in [5.74, 6) is 2.81. The molecule has 8 heteroatoms. The second kappa shape index (κ2) is 6.30. The minimum absolute atomic E-state index is 0.346. The number of aryl methyl sites for hydroxylation is 2. The Bertz CT molecular complexity index is 817. The average Bonchev–Trinajstić information content (AvgIpc) is 2.93. The van der Waals surface area contributed by atoms with Crippen molar-refractivity contribution in [1.29, 1.82) is 0 Å². The van der Waals surface area contributed by atoms with Gasteiger partial charge in [-0.2, -0.15) is 10.1 Å². The average molecular weight is 312 g/mol. The summed E-state index contributed by atoms with van der Waals surface area (Å²) in [6, 6.07) is 7.56. The molecule has 3 aromatic rings. The molecular weight excluding hydrogens is 296 g/mol. The van der Waals surface area contributed by atoms with Crippen molar-refractivity contribution in [3.05, 3.63) is 41.8 Å². The largest absolute Gasteiger partial charge is 0.495 e. The summed E-state index contributed by atoms with van der Waals surface area (Å²) in [6.07, 6.45) is 1.50. The monoisotopic (exact) mass is 312 g/mol. The molecule has 2 N–H and O–H groups in total. The number of methoxy groups -OCH3 is 1.